The molecule has 0 radical (unpaired) electrons. The van der Waals surface area contributed by atoms with Gasteiger partial charge in [-0.25, -0.2) is 4.31 Å². The number of ether oxygens (including phenoxy) is 1. The SMILES string of the molecule is O=C1Cc2ccccc2O1.OP(O)OP(O)O. The molecule has 17 heavy (non-hydrogen) atoms. The monoisotopic (exact) mass is 280 g/mol. The number of carbonyl (C=O) groups excluding carboxylic acids is 1. The van der Waals surface area contributed by atoms with Crippen molar-refractivity contribution in [1.82, 2.24) is 0 Å². The maximum absolute atomic E-state index is 10.7. The van der Waals surface area contributed by atoms with E-state index in [4.69, 9.17) is 24.3 Å². The summed E-state index contributed by atoms with van der Waals surface area (Å²) in [5.41, 5.74) is 0.993. The molecule has 1 heterocycles. The molecule has 0 aliphatic carbocycles. The zero-order valence-corrected chi connectivity index (χ0v) is 10.2. The number of hydrogen-bond acceptors (Lipinski definition) is 7. The molecule has 0 saturated heterocycles. The summed E-state index contributed by atoms with van der Waals surface area (Å²) in [6, 6.07) is 7.47. The van der Waals surface area contributed by atoms with Gasteiger partial charge < -0.3 is 24.3 Å². The maximum atomic E-state index is 10.7. The lowest BCUT2D eigenvalue weighted by atomic mass is 10.2. The Labute approximate surface area is 99.2 Å². The van der Waals surface area contributed by atoms with Crippen molar-refractivity contribution in [2.24, 2.45) is 0 Å². The summed E-state index contributed by atoms with van der Waals surface area (Å²) in [5.74, 6) is 0.564. The average molecular weight is 280 g/mol. The van der Waals surface area contributed by atoms with Gasteiger partial charge in [0.25, 0.3) is 0 Å². The zero-order chi connectivity index (χ0) is 12.8. The van der Waals surface area contributed by atoms with E-state index in [1.165, 1.54) is 0 Å². The quantitative estimate of drug-likeness (QED) is 0.355. The van der Waals surface area contributed by atoms with E-state index in [1.54, 1.807) is 6.07 Å². The van der Waals surface area contributed by atoms with Gasteiger partial charge in [0.15, 0.2) is 0 Å². The van der Waals surface area contributed by atoms with Crippen LogP contribution >= 0.6 is 17.2 Å². The highest BCUT2D eigenvalue weighted by atomic mass is 31.2. The van der Waals surface area contributed by atoms with Crippen LogP contribution in [0.25, 0.3) is 0 Å². The second kappa shape index (κ2) is 6.93. The summed E-state index contributed by atoms with van der Waals surface area (Å²) < 4.78 is 8.47. The number of benzene rings is 1. The highest BCUT2D eigenvalue weighted by molar-refractivity contribution is 7.53. The van der Waals surface area contributed by atoms with Crippen LogP contribution in [-0.2, 0) is 15.5 Å². The van der Waals surface area contributed by atoms with Gasteiger partial charge in [-0.05, 0) is 6.07 Å². The van der Waals surface area contributed by atoms with Crippen LogP contribution in [0, 0.1) is 0 Å². The molecule has 0 aromatic heterocycles. The molecule has 0 fully saturated rings. The van der Waals surface area contributed by atoms with Crippen molar-refractivity contribution in [3.63, 3.8) is 0 Å². The van der Waals surface area contributed by atoms with Crippen molar-refractivity contribution in [1.29, 1.82) is 0 Å². The normalized spacial score (nSPS) is 13.2. The minimum atomic E-state index is -2.61. The second-order valence-corrected chi connectivity index (χ2v) is 4.51. The molecular formula is C8H10O7P2. The van der Waals surface area contributed by atoms with Crippen molar-refractivity contribution >= 4 is 23.2 Å². The summed E-state index contributed by atoms with van der Waals surface area (Å²) in [6.07, 6.45) is 0.427. The fourth-order valence-electron chi connectivity index (χ4n) is 1.13. The van der Waals surface area contributed by atoms with Crippen molar-refractivity contribution < 1.29 is 33.4 Å². The van der Waals surface area contributed by atoms with Crippen LogP contribution in [0.3, 0.4) is 0 Å². The molecule has 1 aliphatic heterocycles. The van der Waals surface area contributed by atoms with Crippen molar-refractivity contribution in [2.75, 3.05) is 0 Å². The van der Waals surface area contributed by atoms with E-state index >= 15 is 0 Å². The Morgan fingerprint density at radius 1 is 1.12 bits per heavy atom. The molecule has 0 amide bonds. The van der Waals surface area contributed by atoms with Gasteiger partial charge in [-0.2, -0.15) is 0 Å². The molecule has 94 valence electrons. The third-order valence-corrected chi connectivity index (χ3v) is 2.85. The molecule has 4 N–H and O–H groups in total. The molecular weight excluding hydrogens is 270 g/mol. The Kier molecular flexibility index (Phi) is 5.88. The molecule has 2 rings (SSSR count). The molecule has 1 aromatic rings. The first-order valence-electron chi connectivity index (χ1n) is 4.31. The fourth-order valence-corrected chi connectivity index (χ4v) is 1.65. The zero-order valence-electron chi connectivity index (χ0n) is 8.42. The van der Waals surface area contributed by atoms with Crippen LogP contribution in [0.1, 0.15) is 5.56 Å². The molecule has 1 aliphatic rings. The Hall–Kier alpha value is -0.650. The van der Waals surface area contributed by atoms with Crippen molar-refractivity contribution in [3.05, 3.63) is 29.8 Å². The van der Waals surface area contributed by atoms with Gasteiger partial charge in [-0.15, -0.1) is 0 Å². The van der Waals surface area contributed by atoms with Crippen molar-refractivity contribution in [3.8, 4) is 5.75 Å². The summed E-state index contributed by atoms with van der Waals surface area (Å²) in [7, 11) is -5.22. The Morgan fingerprint density at radius 2 is 1.71 bits per heavy atom. The summed E-state index contributed by atoms with van der Waals surface area (Å²) >= 11 is 0. The summed E-state index contributed by atoms with van der Waals surface area (Å²) in [6.45, 7) is 0. The van der Waals surface area contributed by atoms with Crippen LogP contribution in [0.4, 0.5) is 0 Å². The summed E-state index contributed by atoms with van der Waals surface area (Å²) in [5, 5.41) is 0. The molecule has 0 spiro atoms. The van der Waals surface area contributed by atoms with Crippen LogP contribution in [0.15, 0.2) is 24.3 Å². The van der Waals surface area contributed by atoms with Crippen LogP contribution in [0.2, 0.25) is 0 Å². The Balaban J connectivity index is 0.000000185. The number of hydrogen-bond donors (Lipinski definition) is 4. The standard InChI is InChI=1S/C8H6O2.H4O5P2/c9-8-5-6-3-1-2-4-7(6)10-8;1-6(2)5-7(3)4/h1-4H,5H2;1-4H. The highest BCUT2D eigenvalue weighted by Crippen LogP contribution is 2.41. The summed E-state index contributed by atoms with van der Waals surface area (Å²) in [4.78, 5) is 41.9. The lowest BCUT2D eigenvalue weighted by molar-refractivity contribution is -0.131. The predicted octanol–water partition coefficient (Wildman–Crippen LogP) is 0.574. The molecule has 0 atom stereocenters. The minimum absolute atomic E-state index is 0.152. The van der Waals surface area contributed by atoms with Crippen LogP contribution in [0.5, 0.6) is 5.75 Å². The predicted molar refractivity (Wildman–Crippen MR) is 59.6 cm³/mol. The van der Waals surface area contributed by atoms with Gasteiger partial charge in [0, 0.05) is 5.56 Å². The Bertz CT molecular complexity index is 349. The van der Waals surface area contributed by atoms with Crippen LogP contribution in [-0.4, -0.2) is 25.5 Å². The third-order valence-electron chi connectivity index (χ3n) is 1.68. The lowest BCUT2D eigenvalue weighted by Crippen LogP contribution is -1.99. The van der Waals surface area contributed by atoms with E-state index in [-0.39, 0.29) is 5.97 Å². The Morgan fingerprint density at radius 3 is 2.18 bits per heavy atom. The minimum Gasteiger partial charge on any atom is -0.426 e. The third kappa shape index (κ3) is 5.48. The van der Waals surface area contributed by atoms with E-state index in [2.05, 4.69) is 4.31 Å². The second-order valence-electron chi connectivity index (χ2n) is 2.85. The van der Waals surface area contributed by atoms with Gasteiger partial charge in [0.05, 0.1) is 6.42 Å². The first-order valence-corrected chi connectivity index (χ1v) is 6.64. The molecule has 0 bridgehead atoms. The molecule has 9 heteroatoms. The smallest absolute Gasteiger partial charge is 0.334 e. The first kappa shape index (κ1) is 14.4. The van der Waals surface area contributed by atoms with Crippen LogP contribution < -0.4 is 4.74 Å². The van der Waals surface area contributed by atoms with Gasteiger partial charge in [-0.3, -0.25) is 4.79 Å². The van der Waals surface area contributed by atoms with Gasteiger partial charge in [0.1, 0.15) is 5.75 Å². The van der Waals surface area contributed by atoms with E-state index in [1.807, 2.05) is 18.2 Å². The van der Waals surface area contributed by atoms with Gasteiger partial charge >= 0.3 is 23.2 Å². The first-order chi connectivity index (χ1) is 7.99. The molecule has 0 saturated carbocycles. The number of rotatable bonds is 2. The van der Waals surface area contributed by atoms with E-state index < -0.39 is 17.2 Å². The van der Waals surface area contributed by atoms with E-state index in [9.17, 15) is 4.79 Å². The van der Waals surface area contributed by atoms with Gasteiger partial charge in [0.2, 0.25) is 0 Å². The van der Waals surface area contributed by atoms with E-state index in [0.717, 1.165) is 5.56 Å². The largest absolute Gasteiger partial charge is 0.426 e. The fraction of sp³-hybridized carbons (Fsp3) is 0.125. The number of para-hydroxylation sites is 1. The van der Waals surface area contributed by atoms with Crippen molar-refractivity contribution in [2.45, 2.75) is 6.42 Å². The average Bonchev–Trinajstić information content (AvgIpc) is 2.56. The lowest BCUT2D eigenvalue weighted by Gasteiger charge is -2.00. The van der Waals surface area contributed by atoms with E-state index in [0.29, 0.717) is 12.2 Å². The van der Waals surface area contributed by atoms with Gasteiger partial charge in [-0.1, -0.05) is 18.2 Å². The molecule has 7 nitrogen and oxygen atoms in total. The number of fused-ring (bicyclic) bond motifs is 1. The number of carbonyl (C=O) groups is 1. The topological polar surface area (TPSA) is 116 Å². The highest BCUT2D eigenvalue weighted by Gasteiger charge is 2.18. The number of esters is 1. The maximum Gasteiger partial charge on any atom is 0.334 e. The molecule has 1 aromatic carbocycles. The molecule has 0 unspecified atom stereocenters.